The van der Waals surface area contributed by atoms with Gasteiger partial charge in [0.2, 0.25) is 0 Å². The number of pyridine rings is 1. The number of para-hydroxylation sites is 2. The first-order chi connectivity index (χ1) is 11.8. The van der Waals surface area contributed by atoms with Crippen molar-refractivity contribution >= 4 is 21.8 Å². The van der Waals surface area contributed by atoms with Gasteiger partial charge in [-0.2, -0.15) is 0 Å². The van der Waals surface area contributed by atoms with E-state index >= 15 is 0 Å². The summed E-state index contributed by atoms with van der Waals surface area (Å²) in [6.45, 7) is 0. The summed E-state index contributed by atoms with van der Waals surface area (Å²) in [5, 5.41) is 0.216. The molecule has 1 aromatic carbocycles. The van der Waals surface area contributed by atoms with Crippen molar-refractivity contribution in [2.24, 2.45) is 0 Å². The van der Waals surface area contributed by atoms with Crippen molar-refractivity contribution in [3.05, 3.63) is 47.8 Å². The van der Waals surface area contributed by atoms with Gasteiger partial charge in [-0.1, -0.05) is 30.7 Å². The van der Waals surface area contributed by atoms with Gasteiger partial charge >= 0.3 is 29.6 Å². The third-order valence-corrected chi connectivity index (χ3v) is 5.98. The molecule has 0 spiro atoms. The van der Waals surface area contributed by atoms with Gasteiger partial charge < -0.3 is 25.7 Å². The van der Waals surface area contributed by atoms with Crippen LogP contribution in [0.15, 0.2) is 41.7 Å². The second-order valence-corrected chi connectivity index (χ2v) is 7.43. The molecule has 3 aromatic rings. The van der Waals surface area contributed by atoms with Crippen LogP contribution in [-0.2, 0) is 17.2 Å². The molecule has 0 aliphatic heterocycles. The van der Waals surface area contributed by atoms with Gasteiger partial charge in [-0.05, 0) is 36.4 Å². The number of fused-ring (bicyclic) bond motifs is 2. The average molecular weight is 399 g/mol. The molecule has 0 fully saturated rings. The standard InChI is InChI=1S/C18H18N3O2S.Na.2H2O/c1-23-15-10-11-19-17-12(15)6-2-5-9-16(17)24(22)18-20-13-7-3-4-8-14(13)21-18;;;/h3-4,7-8,10-11,16H,2,5-6,9H2,1H3;;2*1H2/q-1;+1;;. The summed E-state index contributed by atoms with van der Waals surface area (Å²) in [4.78, 5) is 13.5. The van der Waals surface area contributed by atoms with E-state index in [0.29, 0.717) is 5.16 Å². The molecule has 2 unspecified atom stereocenters. The Bertz CT molecular complexity index is 886. The Morgan fingerprint density at radius 3 is 2.70 bits per heavy atom. The van der Waals surface area contributed by atoms with E-state index in [1.54, 1.807) is 13.3 Å². The maximum Gasteiger partial charge on any atom is 1.00 e. The molecule has 4 N–H and O–H groups in total. The van der Waals surface area contributed by atoms with E-state index in [-0.39, 0.29) is 45.8 Å². The van der Waals surface area contributed by atoms with Gasteiger partial charge in [0, 0.05) is 16.9 Å². The number of benzene rings is 1. The summed E-state index contributed by atoms with van der Waals surface area (Å²) in [7, 11) is 0.341. The van der Waals surface area contributed by atoms with Crippen LogP contribution < -0.4 is 39.3 Å². The van der Waals surface area contributed by atoms with E-state index in [1.807, 2.05) is 30.3 Å². The molecular formula is C18H22N3NaO4S. The molecule has 140 valence electrons. The Balaban J connectivity index is 0.00000121. The second kappa shape index (κ2) is 10.3. The van der Waals surface area contributed by atoms with Gasteiger partial charge in [-0.3, -0.25) is 9.19 Å². The van der Waals surface area contributed by atoms with Crippen molar-refractivity contribution in [2.45, 2.75) is 36.1 Å². The second-order valence-electron chi connectivity index (χ2n) is 5.90. The Labute approximate surface area is 182 Å². The normalized spacial score (nSPS) is 16.7. The van der Waals surface area contributed by atoms with Crippen LogP contribution in [0.4, 0.5) is 0 Å². The Morgan fingerprint density at radius 1 is 1.19 bits per heavy atom. The molecule has 27 heavy (non-hydrogen) atoms. The van der Waals surface area contributed by atoms with Crippen LogP contribution in [0.25, 0.3) is 11.0 Å². The van der Waals surface area contributed by atoms with Crippen LogP contribution in [0.1, 0.15) is 35.8 Å². The molecule has 9 heteroatoms. The summed E-state index contributed by atoms with van der Waals surface area (Å²) in [5.41, 5.74) is 3.52. The van der Waals surface area contributed by atoms with Gasteiger partial charge in [0.05, 0.1) is 28.9 Å². The van der Waals surface area contributed by atoms with Crippen molar-refractivity contribution < 1.29 is 49.5 Å². The molecule has 1 aliphatic rings. The van der Waals surface area contributed by atoms with Crippen molar-refractivity contribution in [2.75, 3.05) is 7.11 Å². The van der Waals surface area contributed by atoms with Crippen LogP contribution in [0.2, 0.25) is 0 Å². The zero-order valence-electron chi connectivity index (χ0n) is 15.4. The zero-order chi connectivity index (χ0) is 16.5. The van der Waals surface area contributed by atoms with Crippen molar-refractivity contribution in [3.8, 4) is 5.75 Å². The predicted octanol–water partition coefficient (Wildman–Crippen LogP) is -1.47. The molecule has 4 rings (SSSR count). The molecule has 7 nitrogen and oxygen atoms in total. The molecule has 0 radical (unpaired) electrons. The van der Waals surface area contributed by atoms with E-state index in [9.17, 15) is 4.21 Å². The molecule has 0 amide bonds. The minimum absolute atomic E-state index is 0. The SMILES string of the molecule is COc1ccnc2c1CCCCC2S(=O)c1nc2ccccc2[n-]1.O.O.[Na+]. The van der Waals surface area contributed by atoms with Gasteiger partial charge in [0.15, 0.2) is 0 Å². The van der Waals surface area contributed by atoms with E-state index in [2.05, 4.69) is 15.0 Å². The van der Waals surface area contributed by atoms with Gasteiger partial charge in [0.25, 0.3) is 0 Å². The van der Waals surface area contributed by atoms with E-state index in [0.717, 1.165) is 53.7 Å². The number of ether oxygens (including phenoxy) is 1. The van der Waals surface area contributed by atoms with Crippen LogP contribution in [0.3, 0.4) is 0 Å². The predicted molar refractivity (Wildman–Crippen MR) is 99.8 cm³/mol. The Morgan fingerprint density at radius 2 is 1.96 bits per heavy atom. The summed E-state index contributed by atoms with van der Waals surface area (Å²) < 4.78 is 18.7. The number of nitrogens with zero attached hydrogens (tertiary/aromatic N) is 3. The fourth-order valence-electron chi connectivity index (χ4n) is 3.29. The maximum atomic E-state index is 13.2. The zero-order valence-corrected chi connectivity index (χ0v) is 18.3. The summed E-state index contributed by atoms with van der Waals surface area (Å²) in [5.74, 6) is 0.831. The fourth-order valence-corrected chi connectivity index (χ4v) is 4.71. The number of hydrogen-bond acceptors (Lipinski definition) is 4. The van der Waals surface area contributed by atoms with Crippen molar-refractivity contribution in [1.82, 2.24) is 15.0 Å². The largest absolute Gasteiger partial charge is 1.00 e. The summed E-state index contributed by atoms with van der Waals surface area (Å²) >= 11 is 0. The quantitative estimate of drug-likeness (QED) is 0.392. The van der Waals surface area contributed by atoms with Crippen LogP contribution in [0, 0.1) is 0 Å². The molecule has 0 bridgehead atoms. The molecule has 0 saturated carbocycles. The molecular weight excluding hydrogens is 377 g/mol. The monoisotopic (exact) mass is 399 g/mol. The molecule has 2 atom stereocenters. The van der Waals surface area contributed by atoms with Crippen LogP contribution >= 0.6 is 0 Å². The number of aromatic nitrogens is 3. The number of hydrogen-bond donors (Lipinski definition) is 0. The minimum atomic E-state index is -1.33. The Kier molecular flexibility index (Phi) is 9.07. The fraction of sp³-hybridized carbons (Fsp3) is 0.333. The molecule has 1 aliphatic carbocycles. The van der Waals surface area contributed by atoms with Gasteiger partial charge in [0.1, 0.15) is 5.75 Å². The van der Waals surface area contributed by atoms with E-state index < -0.39 is 10.8 Å². The average Bonchev–Trinajstić information content (AvgIpc) is 2.93. The summed E-state index contributed by atoms with van der Waals surface area (Å²) in [6, 6.07) is 9.49. The first-order valence-electron chi connectivity index (χ1n) is 8.09. The third kappa shape index (κ3) is 4.59. The van der Waals surface area contributed by atoms with Crippen molar-refractivity contribution in [3.63, 3.8) is 0 Å². The molecule has 0 saturated heterocycles. The smallest absolute Gasteiger partial charge is 0.496 e. The van der Waals surface area contributed by atoms with Gasteiger partial charge in [-0.25, -0.2) is 0 Å². The number of methoxy groups -OCH3 is 1. The van der Waals surface area contributed by atoms with Crippen molar-refractivity contribution in [1.29, 1.82) is 0 Å². The molecule has 2 heterocycles. The topological polar surface area (TPSA) is 129 Å². The number of imidazole rings is 1. The van der Waals surface area contributed by atoms with E-state index in [1.165, 1.54) is 0 Å². The first kappa shape index (κ1) is 23.7. The van der Waals surface area contributed by atoms with Crippen LogP contribution in [-0.4, -0.2) is 32.2 Å². The molecule has 2 aromatic heterocycles. The summed E-state index contributed by atoms with van der Waals surface area (Å²) in [6.07, 6.45) is 5.52. The Hall–Kier alpha value is -1.29. The first-order valence-corrected chi connectivity index (χ1v) is 9.31. The van der Waals surface area contributed by atoms with Crippen LogP contribution in [0.5, 0.6) is 5.75 Å². The number of rotatable bonds is 3. The third-order valence-electron chi connectivity index (χ3n) is 4.47. The maximum absolute atomic E-state index is 13.2. The minimum Gasteiger partial charge on any atom is -0.496 e. The van der Waals surface area contributed by atoms with E-state index in [4.69, 9.17) is 4.74 Å². The van der Waals surface area contributed by atoms with Gasteiger partial charge in [-0.15, -0.1) is 0 Å².